The Morgan fingerprint density at radius 3 is 1.71 bits per heavy atom. The number of aromatic hydroxyl groups is 1. The summed E-state index contributed by atoms with van der Waals surface area (Å²) in [6.07, 6.45) is 13.1. The van der Waals surface area contributed by atoms with Gasteiger partial charge in [-0.1, -0.05) is 128 Å². The van der Waals surface area contributed by atoms with Crippen LogP contribution in [0.2, 0.25) is 0 Å². The highest BCUT2D eigenvalue weighted by molar-refractivity contribution is 6.44. The van der Waals surface area contributed by atoms with Gasteiger partial charge in [0.1, 0.15) is 54.1 Å². The van der Waals surface area contributed by atoms with Crippen molar-refractivity contribution in [1.82, 2.24) is 31.9 Å². The normalized spacial score (nSPS) is 21.9. The molecule has 4 aromatic rings. The van der Waals surface area contributed by atoms with E-state index in [0.717, 1.165) is 103 Å². The van der Waals surface area contributed by atoms with Gasteiger partial charge in [-0.2, -0.15) is 5.10 Å². The number of nitrogens with one attached hydrogen (secondary N) is 7. The summed E-state index contributed by atoms with van der Waals surface area (Å²) < 4.78 is 56.8. The van der Waals surface area contributed by atoms with Crippen molar-refractivity contribution in [2.45, 2.75) is 257 Å². The van der Waals surface area contributed by atoms with Crippen molar-refractivity contribution in [1.29, 1.82) is 0 Å². The predicted molar refractivity (Wildman–Crippen MR) is 523 cm³/mol. The summed E-state index contributed by atoms with van der Waals surface area (Å²) >= 11 is 0. The SMILES string of the molecule is CCCOCCOCCOCCOCCOCCN=C1CCCCCC(OCC(=O)NCCCC[C@@H](NC(=O)CCOCCOCCOCCOCCCC(=O)CCC(=O)N2Cc3ccccc3C#Cc3ccccc32)C(=O)N[C@H](C(=O)N[C@@H](C)C(=O)N[C@@H](CO)C(=O)Nc2ccc3c(c2)[C@@]2(C)CCC[C@](C)(C(=O)NC(=O)[C@@]4(C)CCC[C@]5(C)c6cc(O)ccc6CC[C@@H]45)[C@@H]2CC3)C(C)C)C1=NN. The summed E-state index contributed by atoms with van der Waals surface area (Å²) in [5, 5.41) is 45.0. The molecule has 0 radical (unpaired) electrons. The summed E-state index contributed by atoms with van der Waals surface area (Å²) in [6, 6.07) is 21.3. The third kappa shape index (κ3) is 32.0. The fraction of sp³-hybridized carbons (Fsp3) is 0.638. The molecule has 758 valence electrons. The molecule has 11 atom stereocenters. The van der Waals surface area contributed by atoms with Crippen LogP contribution in [0.1, 0.15) is 236 Å². The summed E-state index contributed by atoms with van der Waals surface area (Å²) in [7, 11) is 0. The number of hydrogen-bond acceptors (Lipinski definition) is 25. The van der Waals surface area contributed by atoms with E-state index < -0.39 is 94.5 Å². The number of hydrogen-bond donors (Lipinski definition) is 10. The van der Waals surface area contributed by atoms with Gasteiger partial charge in [0.15, 0.2) is 0 Å². The van der Waals surface area contributed by atoms with E-state index in [2.05, 4.69) is 74.9 Å². The van der Waals surface area contributed by atoms with Crippen molar-refractivity contribution in [3.63, 3.8) is 0 Å². The van der Waals surface area contributed by atoms with Gasteiger partial charge in [0, 0.05) is 62.3 Å². The molecule has 0 saturated heterocycles. The minimum Gasteiger partial charge on any atom is -0.508 e. The number of aliphatic hydroxyl groups excluding tert-OH is 1. The lowest BCUT2D eigenvalue weighted by atomic mass is 9.49. The number of unbranched alkanes of at least 4 members (excludes halogenated alkanes) is 1. The van der Waals surface area contributed by atoms with E-state index in [9.17, 15) is 58.2 Å². The molecule has 1 aliphatic heterocycles. The highest BCUT2D eigenvalue weighted by Gasteiger charge is 2.59. The Hall–Kier alpha value is -9.96. The summed E-state index contributed by atoms with van der Waals surface area (Å²) in [6.45, 7) is 21.6. The van der Waals surface area contributed by atoms with Gasteiger partial charge in [-0.05, 0) is 209 Å². The summed E-state index contributed by atoms with van der Waals surface area (Å²) in [4.78, 5) is 147. The predicted octanol–water partition coefficient (Wildman–Crippen LogP) is 9.72. The Balaban J connectivity index is 0.659. The lowest BCUT2D eigenvalue weighted by molar-refractivity contribution is -0.150. The third-order valence-corrected chi connectivity index (χ3v) is 28.0. The Kier molecular flexibility index (Phi) is 45.0. The van der Waals surface area contributed by atoms with Crippen LogP contribution in [0.15, 0.2) is 95.0 Å². The monoisotopic (exact) mass is 1920 g/mol. The molecule has 0 aromatic heterocycles. The Morgan fingerprint density at radius 2 is 1.09 bits per heavy atom. The van der Waals surface area contributed by atoms with E-state index in [1.165, 1.54) is 12.5 Å². The maximum Gasteiger partial charge on any atom is 0.249 e. The number of nitrogens with two attached hydrogens (primary N) is 1. The number of amides is 9. The smallest absolute Gasteiger partial charge is 0.249 e. The molecule has 3 fully saturated rings. The van der Waals surface area contributed by atoms with E-state index in [1.807, 2.05) is 86.6 Å². The van der Waals surface area contributed by atoms with Gasteiger partial charge >= 0.3 is 0 Å². The van der Waals surface area contributed by atoms with Gasteiger partial charge in [0.05, 0.1) is 148 Å². The molecule has 33 heteroatoms. The number of aliphatic imine (C=N–C) groups is 1. The van der Waals surface area contributed by atoms with Crippen LogP contribution in [-0.4, -0.2) is 256 Å². The van der Waals surface area contributed by atoms with Gasteiger partial charge in [0.25, 0.3) is 0 Å². The molecule has 11 N–H and O–H groups in total. The van der Waals surface area contributed by atoms with E-state index >= 15 is 0 Å². The number of carbonyl (C=O) groups excluding carboxylic acids is 10. The second-order valence-electron chi connectivity index (χ2n) is 38.3. The molecule has 0 bridgehead atoms. The number of aliphatic hydroxyl groups is 1. The highest BCUT2D eigenvalue weighted by atomic mass is 16.6. The number of para-hydroxylation sites is 1. The molecule has 9 amide bonds. The second kappa shape index (κ2) is 56.5. The van der Waals surface area contributed by atoms with Gasteiger partial charge in [-0.3, -0.25) is 58.3 Å². The number of nitrogens with zero attached hydrogens (tertiary/aromatic N) is 3. The quantitative estimate of drug-likeness (QED) is 0.00646. The minimum absolute atomic E-state index is 0.0207. The average Bonchev–Trinajstić information content (AvgIpc) is 1.68. The summed E-state index contributed by atoms with van der Waals surface area (Å²) in [5.41, 5.74) is 6.55. The Morgan fingerprint density at radius 1 is 0.522 bits per heavy atom. The Bertz CT molecular complexity index is 4810. The van der Waals surface area contributed by atoms with Crippen molar-refractivity contribution in [3.8, 4) is 17.6 Å². The van der Waals surface area contributed by atoms with Crippen molar-refractivity contribution in [3.05, 3.63) is 124 Å². The number of ether oxygens (including phenoxy) is 10. The number of phenolic OH excluding ortho intramolecular Hbond substituents is 1. The molecule has 1 unspecified atom stereocenters. The number of Topliss-reactive ketones (excluding diaryl/α,β-unsaturated/α-hetero) is 1. The molecule has 10 rings (SSSR count). The largest absolute Gasteiger partial charge is 0.508 e. The third-order valence-electron chi connectivity index (χ3n) is 28.0. The number of hydrazone groups is 1. The number of rotatable bonds is 57. The molecule has 4 aromatic carbocycles. The second-order valence-corrected chi connectivity index (χ2v) is 38.3. The van der Waals surface area contributed by atoms with Crippen molar-refractivity contribution >= 4 is 81.7 Å². The standard InChI is InChI=1S/C105H151N11O22/c1-9-49-129-53-57-133-61-65-137-66-64-136-60-56-132-52-48-107-84-26-11-10-12-29-88(95(84)115-106)138-71-92(121)108-47-18-17-27-85(111-91(120)42-51-131-55-59-135-63-62-134-58-54-130-50-19-25-80(118)38-41-93(122)116-69-78-24-14-13-22-74(78)30-31-77-23-15-16-28-87(77)116)97(124)113-94(72(2)3)99(126)109-73(4)96(123)112-86(70-117)98(125)110-79-36-32-75-34-39-89-102(5,82(75)67-79)43-20-45-104(89,7)100(127)114-101(128)105(8)46-21-44-103(6)83-68-81(119)37-33-76(83)35-40-90(103)105/h13-16,22-24,28,32-33,36-37,67-68,72-73,85-86,88-90,94,117,119H,9-12,17-21,25-27,29,34-35,38-66,69-71,106H2,1-8H3,(H,108,121)(H,109,126)(H,110,125)(H,111,120)(H,112,123)(H,113,124)(H,114,127,128)/t73-,85+,86-,88?,89+,90+,94-,102+,103+,104-,105-/m0/s1. The average molecular weight is 1920 g/mol. The number of ketones is 1. The van der Waals surface area contributed by atoms with Gasteiger partial charge in [-0.15, -0.1) is 0 Å². The maximum absolute atomic E-state index is 15.0. The molecular formula is C105H151N11O22. The fourth-order valence-electron chi connectivity index (χ4n) is 20.4. The van der Waals surface area contributed by atoms with Crippen molar-refractivity contribution in [2.75, 3.05) is 155 Å². The number of fused-ring (bicyclic) bond motifs is 8. The molecule has 6 aliphatic rings. The van der Waals surface area contributed by atoms with Crippen LogP contribution in [-0.2, 0) is 126 Å². The highest BCUT2D eigenvalue weighted by Crippen LogP contribution is 2.60. The number of aryl methyl sites for hydroxylation is 2. The van der Waals surface area contributed by atoms with E-state index in [-0.39, 0.29) is 125 Å². The number of carbonyl (C=O) groups is 10. The Labute approximate surface area is 813 Å². The van der Waals surface area contributed by atoms with Crippen LogP contribution in [0, 0.1) is 40.4 Å². The van der Waals surface area contributed by atoms with Gasteiger partial charge in [-0.25, -0.2) is 0 Å². The fourth-order valence-corrected chi connectivity index (χ4v) is 20.4. The number of benzene rings is 4. The maximum atomic E-state index is 15.0. The molecule has 138 heavy (non-hydrogen) atoms. The zero-order valence-corrected chi connectivity index (χ0v) is 82.4. The number of anilines is 2. The molecule has 1 heterocycles. The van der Waals surface area contributed by atoms with Crippen LogP contribution in [0.3, 0.4) is 0 Å². The number of phenols is 1. The van der Waals surface area contributed by atoms with Crippen LogP contribution in [0.5, 0.6) is 5.75 Å². The van der Waals surface area contributed by atoms with Crippen molar-refractivity contribution < 1.29 is 106 Å². The molecule has 5 aliphatic carbocycles. The lowest BCUT2D eigenvalue weighted by Crippen LogP contribution is -2.60. The van der Waals surface area contributed by atoms with Crippen LogP contribution in [0.25, 0.3) is 0 Å². The zero-order valence-electron chi connectivity index (χ0n) is 82.4. The molecule has 0 spiro atoms. The first kappa shape index (κ1) is 110. The van der Waals surface area contributed by atoms with Crippen LogP contribution >= 0.6 is 0 Å². The molecule has 3 saturated carbocycles. The van der Waals surface area contributed by atoms with Crippen molar-refractivity contribution in [2.24, 2.45) is 44.5 Å². The topological polar surface area (TPSA) is 442 Å². The lowest BCUT2D eigenvalue weighted by Gasteiger charge is -2.56. The first-order valence-electron chi connectivity index (χ1n) is 50.0. The first-order chi connectivity index (χ1) is 66.6. The first-order valence-corrected chi connectivity index (χ1v) is 50.0. The van der Waals surface area contributed by atoms with E-state index in [1.54, 1.807) is 30.9 Å². The van der Waals surface area contributed by atoms with Gasteiger partial charge in [0.2, 0.25) is 53.2 Å². The minimum atomic E-state index is -1.47. The summed E-state index contributed by atoms with van der Waals surface area (Å²) in [5.74, 6) is 7.24. The van der Waals surface area contributed by atoms with E-state index in [0.29, 0.717) is 174 Å². The van der Waals surface area contributed by atoms with Crippen LogP contribution in [0.4, 0.5) is 11.4 Å². The number of imide groups is 1. The van der Waals surface area contributed by atoms with E-state index in [4.69, 9.17) is 58.2 Å². The molecular weight excluding hydrogens is 1770 g/mol. The molecule has 33 nitrogen and oxygen atoms in total. The van der Waals surface area contributed by atoms with Crippen LogP contribution < -0.4 is 48.0 Å². The zero-order chi connectivity index (χ0) is 98.9. The van der Waals surface area contributed by atoms with Gasteiger partial charge < -0.3 is 100 Å².